The van der Waals surface area contributed by atoms with E-state index in [0.717, 1.165) is 33.2 Å². The zero-order valence-corrected chi connectivity index (χ0v) is 33.1. The summed E-state index contributed by atoms with van der Waals surface area (Å²) in [6, 6.07) is 56.4. The lowest BCUT2D eigenvalue weighted by Crippen LogP contribution is -2.39. The van der Waals surface area contributed by atoms with Crippen molar-refractivity contribution in [1.82, 2.24) is 10.6 Å². The van der Waals surface area contributed by atoms with E-state index < -0.39 is 0 Å². The van der Waals surface area contributed by atoms with Gasteiger partial charge in [-0.2, -0.15) is 0 Å². The lowest BCUT2D eigenvalue weighted by molar-refractivity contribution is 0.353. The zero-order chi connectivity index (χ0) is 38.6. The molecule has 0 bridgehead atoms. The highest BCUT2D eigenvalue weighted by atomic mass is 16.3. The molecular formula is C55H46N2O. The summed E-state index contributed by atoms with van der Waals surface area (Å²) in [7, 11) is 0. The van der Waals surface area contributed by atoms with E-state index in [-0.39, 0.29) is 23.0 Å². The van der Waals surface area contributed by atoms with E-state index >= 15 is 0 Å². The Kier molecular flexibility index (Phi) is 7.41. The number of hydrogen-bond acceptors (Lipinski definition) is 3. The normalized spacial score (nSPS) is 19.7. The summed E-state index contributed by atoms with van der Waals surface area (Å²) < 4.78 is 6.36. The zero-order valence-electron chi connectivity index (χ0n) is 33.1. The Bertz CT molecular complexity index is 2980. The van der Waals surface area contributed by atoms with Gasteiger partial charge in [0.25, 0.3) is 0 Å². The van der Waals surface area contributed by atoms with Gasteiger partial charge < -0.3 is 9.73 Å². The van der Waals surface area contributed by atoms with Crippen LogP contribution in [0.15, 0.2) is 162 Å². The van der Waals surface area contributed by atoms with Crippen molar-refractivity contribution in [2.45, 2.75) is 69.0 Å². The largest absolute Gasteiger partial charge is 0.456 e. The van der Waals surface area contributed by atoms with Crippen LogP contribution in [0, 0.1) is 0 Å². The van der Waals surface area contributed by atoms with Crippen LogP contribution in [0.2, 0.25) is 0 Å². The molecule has 2 N–H and O–H groups in total. The minimum Gasteiger partial charge on any atom is -0.456 e. The molecule has 1 spiro atoms. The minimum atomic E-state index is -0.0743. The molecule has 3 nitrogen and oxygen atoms in total. The SMILES string of the molecule is CC1(C)c2ccccc2-c2cc3c(cc21)-c1c(-c2cccc(C4C=C(c5ccc6c(c5)oc5ccccc56)NC(c5ccccc5)N4)c2)cccc1C31CCCCC1. The lowest BCUT2D eigenvalue weighted by atomic mass is 9.67. The fourth-order valence-corrected chi connectivity index (χ4v) is 11.3. The summed E-state index contributed by atoms with van der Waals surface area (Å²) in [6.45, 7) is 4.83. The fourth-order valence-electron chi connectivity index (χ4n) is 11.3. The second-order valence-electron chi connectivity index (χ2n) is 17.6. The molecule has 1 fully saturated rings. The van der Waals surface area contributed by atoms with Crippen molar-refractivity contribution >= 4 is 27.6 Å². The Balaban J connectivity index is 0.992. The van der Waals surface area contributed by atoms with Gasteiger partial charge in [-0.1, -0.05) is 148 Å². The molecule has 0 amide bonds. The van der Waals surface area contributed by atoms with Crippen molar-refractivity contribution in [3.63, 3.8) is 0 Å². The molecule has 282 valence electrons. The molecule has 1 aliphatic heterocycles. The molecule has 1 aromatic heterocycles. The first-order valence-corrected chi connectivity index (χ1v) is 21.2. The maximum atomic E-state index is 6.36. The third kappa shape index (κ3) is 4.96. The second-order valence-corrected chi connectivity index (χ2v) is 17.6. The molecule has 0 saturated heterocycles. The van der Waals surface area contributed by atoms with Crippen LogP contribution in [0.5, 0.6) is 0 Å². The quantitative estimate of drug-likeness (QED) is 0.188. The molecule has 1 saturated carbocycles. The van der Waals surface area contributed by atoms with Gasteiger partial charge in [-0.25, -0.2) is 0 Å². The monoisotopic (exact) mass is 750 g/mol. The molecule has 0 radical (unpaired) electrons. The molecule has 2 atom stereocenters. The highest BCUT2D eigenvalue weighted by Gasteiger charge is 2.47. The van der Waals surface area contributed by atoms with Crippen LogP contribution in [0.4, 0.5) is 0 Å². The standard InChI is InChI=1S/C55H46N2O/c1-54(2)44-22-9-7-19-39(44)42-31-47-43(32-46(42)54)52-38(21-14-23-45(52)55(47)27-11-4-12-28-55)35-17-13-18-36(29-35)48-33-49(57-53(56-48)34-15-5-3-6-16-34)37-25-26-41-40-20-8-10-24-50(40)58-51(41)30-37/h3,5-10,13-26,29-33,48,53,56-57H,4,11-12,27-28H2,1-2H3. The number of rotatable bonds is 4. The topological polar surface area (TPSA) is 37.2 Å². The van der Waals surface area contributed by atoms with Gasteiger partial charge in [-0.3, -0.25) is 5.32 Å². The van der Waals surface area contributed by atoms with Crippen molar-refractivity contribution in [2.24, 2.45) is 0 Å². The summed E-state index contributed by atoms with van der Waals surface area (Å²) >= 11 is 0. The van der Waals surface area contributed by atoms with E-state index in [0.29, 0.717) is 0 Å². The number of furan rings is 1. The summed E-state index contributed by atoms with van der Waals surface area (Å²) in [5.74, 6) is 0. The van der Waals surface area contributed by atoms with E-state index in [2.05, 4.69) is 170 Å². The summed E-state index contributed by atoms with van der Waals surface area (Å²) in [4.78, 5) is 0. The van der Waals surface area contributed by atoms with Crippen molar-refractivity contribution in [3.05, 3.63) is 197 Å². The molecular weight excluding hydrogens is 705 g/mol. The summed E-state index contributed by atoms with van der Waals surface area (Å²) in [6.07, 6.45) is 8.59. The maximum absolute atomic E-state index is 6.36. The Morgan fingerprint density at radius 2 is 1.24 bits per heavy atom. The van der Waals surface area contributed by atoms with Crippen LogP contribution in [0.3, 0.4) is 0 Å². The van der Waals surface area contributed by atoms with E-state index in [1.807, 2.05) is 12.1 Å². The molecule has 3 aliphatic carbocycles. The average molecular weight is 751 g/mol. The van der Waals surface area contributed by atoms with Crippen molar-refractivity contribution < 1.29 is 4.42 Å². The van der Waals surface area contributed by atoms with Gasteiger partial charge in [0, 0.05) is 32.9 Å². The number of fused-ring (bicyclic) bond motifs is 11. The number of nitrogens with one attached hydrogen (secondary N) is 2. The van der Waals surface area contributed by atoms with Crippen molar-refractivity contribution in [3.8, 4) is 33.4 Å². The van der Waals surface area contributed by atoms with E-state index in [1.165, 1.54) is 93.3 Å². The van der Waals surface area contributed by atoms with Crippen LogP contribution < -0.4 is 10.6 Å². The van der Waals surface area contributed by atoms with Crippen LogP contribution in [-0.2, 0) is 10.8 Å². The van der Waals surface area contributed by atoms with E-state index in [1.54, 1.807) is 5.56 Å². The first-order valence-electron chi connectivity index (χ1n) is 21.2. The molecule has 7 aromatic carbocycles. The second kappa shape index (κ2) is 12.7. The van der Waals surface area contributed by atoms with Gasteiger partial charge in [0.2, 0.25) is 0 Å². The first kappa shape index (κ1) is 33.9. The number of benzene rings is 7. The van der Waals surface area contributed by atoms with Gasteiger partial charge >= 0.3 is 0 Å². The smallest absolute Gasteiger partial charge is 0.136 e. The maximum Gasteiger partial charge on any atom is 0.136 e. The lowest BCUT2D eigenvalue weighted by Gasteiger charge is -2.36. The Morgan fingerprint density at radius 3 is 2.14 bits per heavy atom. The minimum absolute atomic E-state index is 0.0240. The van der Waals surface area contributed by atoms with Gasteiger partial charge in [-0.05, 0) is 122 Å². The van der Waals surface area contributed by atoms with Gasteiger partial charge in [0.1, 0.15) is 17.3 Å². The molecule has 4 aliphatic rings. The Morgan fingerprint density at radius 1 is 0.517 bits per heavy atom. The fraction of sp³-hybridized carbons (Fsp3) is 0.200. The van der Waals surface area contributed by atoms with Gasteiger partial charge in [0.15, 0.2) is 0 Å². The van der Waals surface area contributed by atoms with Gasteiger partial charge in [-0.15, -0.1) is 0 Å². The predicted molar refractivity (Wildman–Crippen MR) is 239 cm³/mol. The van der Waals surface area contributed by atoms with Crippen LogP contribution in [0.1, 0.15) is 97.1 Å². The molecule has 8 aromatic rings. The van der Waals surface area contributed by atoms with E-state index in [9.17, 15) is 0 Å². The first-order chi connectivity index (χ1) is 28.5. The van der Waals surface area contributed by atoms with Crippen LogP contribution >= 0.6 is 0 Å². The highest BCUT2D eigenvalue weighted by Crippen LogP contribution is 2.61. The van der Waals surface area contributed by atoms with Crippen LogP contribution in [0.25, 0.3) is 61.0 Å². The third-order valence-corrected chi connectivity index (χ3v) is 14.2. The summed E-state index contributed by atoms with van der Waals surface area (Å²) in [5, 5.41) is 10.1. The number of para-hydroxylation sites is 1. The molecule has 58 heavy (non-hydrogen) atoms. The average Bonchev–Trinajstić information content (AvgIpc) is 3.86. The Labute approximate surface area is 340 Å². The Hall–Kier alpha value is -6.16. The van der Waals surface area contributed by atoms with E-state index in [4.69, 9.17) is 4.42 Å². The highest BCUT2D eigenvalue weighted by molar-refractivity contribution is 6.05. The van der Waals surface area contributed by atoms with Crippen LogP contribution in [-0.4, -0.2) is 0 Å². The van der Waals surface area contributed by atoms with Gasteiger partial charge in [0.05, 0.1) is 6.04 Å². The molecule has 12 rings (SSSR count). The van der Waals surface area contributed by atoms with Crippen molar-refractivity contribution in [2.75, 3.05) is 0 Å². The summed E-state index contributed by atoms with van der Waals surface area (Å²) in [5.41, 5.74) is 20.8. The van der Waals surface area contributed by atoms with Crippen molar-refractivity contribution in [1.29, 1.82) is 0 Å². The molecule has 2 heterocycles. The molecule has 3 heteroatoms. The predicted octanol–water partition coefficient (Wildman–Crippen LogP) is 13.8. The molecule has 2 unspecified atom stereocenters. The number of hydrogen-bond donors (Lipinski definition) is 2. The third-order valence-electron chi connectivity index (χ3n) is 14.2.